The number of aryl methyl sites for hydroxylation is 1. The van der Waals surface area contributed by atoms with Gasteiger partial charge in [0.25, 0.3) is 0 Å². The van der Waals surface area contributed by atoms with Gasteiger partial charge < -0.3 is 34.3 Å². The summed E-state index contributed by atoms with van der Waals surface area (Å²) < 4.78 is 6.85. The first kappa shape index (κ1) is 28.7. The minimum absolute atomic E-state index is 0.270. The van der Waals surface area contributed by atoms with Crippen molar-refractivity contribution in [3.63, 3.8) is 0 Å². The minimum Gasteiger partial charge on any atom is -0.508 e. The molecule has 1 aliphatic heterocycles. The van der Waals surface area contributed by atoms with Crippen LogP contribution in [0.1, 0.15) is 37.0 Å². The molecule has 3 aromatic rings. The largest absolute Gasteiger partial charge is 0.508 e. The number of hydrazone groups is 1. The van der Waals surface area contributed by atoms with Gasteiger partial charge >= 0.3 is 0 Å². The molecule has 11 nitrogen and oxygen atoms in total. The van der Waals surface area contributed by atoms with Crippen molar-refractivity contribution in [3.05, 3.63) is 41.9 Å². The normalized spacial score (nSPS) is 13.1. The molecular weight excluding hydrogens is 462 g/mol. The second-order valence-electron chi connectivity index (χ2n) is 8.21. The molecular formula is C25H37N7O4. The van der Waals surface area contributed by atoms with Crippen LogP contribution in [0.25, 0.3) is 11.0 Å². The molecule has 2 aromatic heterocycles. The van der Waals surface area contributed by atoms with Gasteiger partial charge in [-0.3, -0.25) is 5.01 Å². The summed E-state index contributed by atoms with van der Waals surface area (Å²) in [5.41, 5.74) is 2.56. The number of aromatic hydroxyl groups is 1. The van der Waals surface area contributed by atoms with Crippen LogP contribution in [0.2, 0.25) is 0 Å². The van der Waals surface area contributed by atoms with Crippen molar-refractivity contribution in [1.29, 1.82) is 0 Å². The zero-order chi connectivity index (χ0) is 26.3. The van der Waals surface area contributed by atoms with Gasteiger partial charge in [0.15, 0.2) is 0 Å². The summed E-state index contributed by atoms with van der Waals surface area (Å²) in [7, 11) is 3.78. The van der Waals surface area contributed by atoms with Crippen LogP contribution in [0.5, 0.6) is 5.75 Å². The first-order valence-electron chi connectivity index (χ1n) is 12.0. The first-order valence-corrected chi connectivity index (χ1v) is 12.0. The lowest BCUT2D eigenvalue weighted by Crippen LogP contribution is -2.21. The molecule has 0 saturated heterocycles. The van der Waals surface area contributed by atoms with Crippen LogP contribution in [-0.4, -0.2) is 77.2 Å². The predicted molar refractivity (Wildman–Crippen MR) is 139 cm³/mol. The van der Waals surface area contributed by atoms with Crippen LogP contribution in [-0.2, 0) is 35.5 Å². The number of oxazole rings is 1. The zero-order valence-electron chi connectivity index (χ0n) is 21.3. The molecule has 36 heavy (non-hydrogen) atoms. The van der Waals surface area contributed by atoms with E-state index < -0.39 is 0 Å². The zero-order valence-corrected chi connectivity index (χ0v) is 21.3. The third-order valence-corrected chi connectivity index (χ3v) is 5.82. The third kappa shape index (κ3) is 7.99. The Hall–Kier alpha value is -3.57. The second-order valence-corrected chi connectivity index (χ2v) is 8.21. The summed E-state index contributed by atoms with van der Waals surface area (Å²) in [6.07, 6.45) is 9.35. The standard InChI is InChI=1S/C19H27N5O2.C5H8N2O.CH2O/c1-14(20-2)4-5-15-17(26)7-6-16-19(15)22-18(24(16)12-13-25)8-11-23-10-3-9-21-23;1-6-4-5-7-2-3-8-5;1-2/h6-7,9,13-14,20,26H,3-5,8,10-12H2,1-2H3;2-3,6H,4H2,1H3;1H2. The van der Waals surface area contributed by atoms with Gasteiger partial charge in [-0.1, -0.05) is 0 Å². The Balaban J connectivity index is 0.000000384. The Kier molecular flexibility index (Phi) is 12.3. The predicted octanol–water partition coefficient (Wildman–Crippen LogP) is 1.92. The molecule has 0 saturated carbocycles. The van der Waals surface area contributed by atoms with E-state index in [2.05, 4.69) is 27.6 Å². The van der Waals surface area contributed by atoms with Crippen LogP contribution >= 0.6 is 0 Å². The number of carbonyl (C=O) groups is 2. The number of imidazole rings is 1. The summed E-state index contributed by atoms with van der Waals surface area (Å²) >= 11 is 0. The summed E-state index contributed by atoms with van der Waals surface area (Å²) in [6.45, 7) is 6.79. The highest BCUT2D eigenvalue weighted by atomic mass is 16.3. The van der Waals surface area contributed by atoms with Crippen LogP contribution in [0.15, 0.2) is 34.1 Å². The number of carbonyl (C=O) groups excluding carboxylic acids is 2. The lowest BCUT2D eigenvalue weighted by atomic mass is 10.0. The SMILES string of the molecule is C=O.CNC(C)CCc1c(O)ccc2c1nc(CCN1CCC=N1)n2CC=O.CNCc1ncco1. The molecule has 4 rings (SSSR count). The molecule has 3 heterocycles. The molecule has 0 bridgehead atoms. The van der Waals surface area contributed by atoms with E-state index in [-0.39, 0.29) is 12.3 Å². The van der Waals surface area contributed by atoms with Crippen molar-refractivity contribution in [1.82, 2.24) is 30.2 Å². The third-order valence-electron chi connectivity index (χ3n) is 5.82. The van der Waals surface area contributed by atoms with E-state index in [4.69, 9.17) is 14.2 Å². The number of fused-ring (bicyclic) bond motifs is 1. The molecule has 0 amide bonds. The van der Waals surface area contributed by atoms with Gasteiger partial charge in [-0.25, -0.2) is 9.97 Å². The number of phenolic OH excluding ortho intramolecular Hbond substituents is 1. The minimum atomic E-state index is 0.270. The molecule has 0 radical (unpaired) electrons. The van der Waals surface area contributed by atoms with Gasteiger partial charge in [0.05, 0.1) is 30.3 Å². The van der Waals surface area contributed by atoms with Gasteiger partial charge in [0.2, 0.25) is 5.89 Å². The summed E-state index contributed by atoms with van der Waals surface area (Å²) in [5.74, 6) is 1.86. The fourth-order valence-electron chi connectivity index (χ4n) is 3.83. The van der Waals surface area contributed by atoms with Crippen molar-refractivity contribution in [2.75, 3.05) is 27.2 Å². The van der Waals surface area contributed by atoms with Gasteiger partial charge in [-0.15, -0.1) is 0 Å². The smallest absolute Gasteiger partial charge is 0.207 e. The molecule has 0 aliphatic carbocycles. The summed E-state index contributed by atoms with van der Waals surface area (Å²) in [4.78, 5) is 27.9. The average molecular weight is 500 g/mol. The van der Waals surface area contributed by atoms with Crippen LogP contribution < -0.4 is 10.6 Å². The quantitative estimate of drug-likeness (QED) is 0.338. The van der Waals surface area contributed by atoms with E-state index in [0.717, 1.165) is 67.0 Å². The fraction of sp³-hybridized carbons (Fsp3) is 0.480. The lowest BCUT2D eigenvalue weighted by Gasteiger charge is -2.13. The maximum atomic E-state index is 11.2. The van der Waals surface area contributed by atoms with E-state index in [1.807, 2.05) is 42.7 Å². The van der Waals surface area contributed by atoms with Crippen LogP contribution in [0, 0.1) is 0 Å². The van der Waals surface area contributed by atoms with Crippen molar-refractivity contribution in [2.45, 2.75) is 51.7 Å². The monoisotopic (exact) mass is 499 g/mol. The highest BCUT2D eigenvalue weighted by Gasteiger charge is 2.18. The van der Waals surface area contributed by atoms with Gasteiger partial charge in [-0.2, -0.15) is 5.10 Å². The Labute approximate surface area is 211 Å². The molecule has 1 aromatic carbocycles. The number of hydrogen-bond acceptors (Lipinski definition) is 10. The van der Waals surface area contributed by atoms with Gasteiger partial charge in [0, 0.05) is 43.8 Å². The Morgan fingerprint density at radius 1 is 1.28 bits per heavy atom. The molecule has 1 aliphatic rings. The maximum Gasteiger partial charge on any atom is 0.207 e. The molecule has 1 unspecified atom stereocenters. The van der Waals surface area contributed by atoms with Crippen molar-refractivity contribution in [2.24, 2.45) is 5.10 Å². The number of phenols is 1. The number of nitrogens with zero attached hydrogens (tertiary/aromatic N) is 5. The Morgan fingerprint density at radius 3 is 2.69 bits per heavy atom. The highest BCUT2D eigenvalue weighted by Crippen LogP contribution is 2.29. The number of nitrogens with one attached hydrogen (secondary N) is 2. The van der Waals surface area contributed by atoms with Crippen LogP contribution in [0.4, 0.5) is 0 Å². The summed E-state index contributed by atoms with van der Waals surface area (Å²) in [6, 6.07) is 3.91. The molecule has 3 N–H and O–H groups in total. The number of benzene rings is 1. The van der Waals surface area contributed by atoms with Crippen molar-refractivity contribution in [3.8, 4) is 5.75 Å². The van der Waals surface area contributed by atoms with E-state index in [1.165, 1.54) is 0 Å². The molecule has 11 heteroatoms. The van der Waals surface area contributed by atoms with Gasteiger partial charge in [0.1, 0.15) is 30.9 Å². The number of rotatable bonds is 11. The summed E-state index contributed by atoms with van der Waals surface area (Å²) in [5, 5.41) is 22.8. The van der Waals surface area contributed by atoms with E-state index >= 15 is 0 Å². The van der Waals surface area contributed by atoms with E-state index in [9.17, 15) is 9.90 Å². The van der Waals surface area contributed by atoms with Crippen molar-refractivity contribution < 1.29 is 19.1 Å². The second kappa shape index (κ2) is 15.4. The van der Waals surface area contributed by atoms with Crippen LogP contribution in [0.3, 0.4) is 0 Å². The number of aldehydes is 1. The molecule has 0 spiro atoms. The topological polar surface area (TPSA) is 138 Å². The van der Waals surface area contributed by atoms with Gasteiger partial charge in [-0.05, 0) is 46.0 Å². The first-order chi connectivity index (χ1) is 17.6. The molecule has 196 valence electrons. The average Bonchev–Trinajstić information content (AvgIpc) is 3.67. The van der Waals surface area contributed by atoms with E-state index in [0.29, 0.717) is 19.0 Å². The Morgan fingerprint density at radius 2 is 2.08 bits per heavy atom. The fourth-order valence-corrected chi connectivity index (χ4v) is 3.83. The van der Waals surface area contributed by atoms with E-state index in [1.54, 1.807) is 18.5 Å². The number of hydrogen-bond donors (Lipinski definition) is 3. The van der Waals surface area contributed by atoms with Crippen molar-refractivity contribution >= 4 is 30.3 Å². The highest BCUT2D eigenvalue weighted by molar-refractivity contribution is 5.83. The maximum absolute atomic E-state index is 11.2. The lowest BCUT2D eigenvalue weighted by molar-refractivity contribution is -0.108. The molecule has 0 fully saturated rings. The molecule has 1 atom stereocenters. The number of aromatic nitrogens is 3. The Bertz CT molecular complexity index is 1080.